The van der Waals surface area contributed by atoms with Crippen LogP contribution in [-0.4, -0.2) is 17.0 Å². The monoisotopic (exact) mass is 333 g/mol. The molecule has 1 aromatic carbocycles. The Kier molecular flexibility index (Phi) is 4.17. The predicted octanol–water partition coefficient (Wildman–Crippen LogP) is 3.24. The van der Waals surface area contributed by atoms with Gasteiger partial charge < -0.3 is 10.4 Å². The van der Waals surface area contributed by atoms with E-state index < -0.39 is 23.7 Å². The Morgan fingerprint density at radius 1 is 1.30 bits per heavy atom. The summed E-state index contributed by atoms with van der Waals surface area (Å²) in [5.41, 5.74) is 1.89. The fraction of sp³-hybridized carbons (Fsp3) is 0.294. The first-order valence-electron chi connectivity index (χ1n) is 7.37. The molecule has 0 aliphatic heterocycles. The maximum atomic E-state index is 13.4. The number of aliphatic carboxylic acids is 1. The minimum atomic E-state index is -1.20. The van der Waals surface area contributed by atoms with Crippen LogP contribution < -0.4 is 5.32 Å². The number of thiophene rings is 1. The summed E-state index contributed by atoms with van der Waals surface area (Å²) in [6.07, 6.45) is 3.06. The van der Waals surface area contributed by atoms with E-state index in [9.17, 15) is 19.1 Å². The average molecular weight is 333 g/mol. The van der Waals surface area contributed by atoms with Crippen molar-refractivity contribution < 1.29 is 19.1 Å². The molecule has 0 saturated heterocycles. The molecule has 120 valence electrons. The highest BCUT2D eigenvalue weighted by Gasteiger charge is 2.25. The van der Waals surface area contributed by atoms with Crippen molar-refractivity contribution in [3.63, 3.8) is 0 Å². The van der Waals surface area contributed by atoms with Gasteiger partial charge in [0.15, 0.2) is 6.04 Å². The zero-order valence-electron chi connectivity index (χ0n) is 12.6. The summed E-state index contributed by atoms with van der Waals surface area (Å²) >= 11 is 1.42. The second kappa shape index (κ2) is 6.12. The molecule has 1 heterocycles. The number of aryl methyl sites for hydroxylation is 3. The highest BCUT2D eigenvalue weighted by atomic mass is 32.1. The number of carbonyl (C=O) groups excluding carboxylic acids is 1. The number of fused-ring (bicyclic) bond motifs is 1. The lowest BCUT2D eigenvalue weighted by Gasteiger charge is -2.15. The van der Waals surface area contributed by atoms with Gasteiger partial charge in [-0.3, -0.25) is 4.79 Å². The predicted molar refractivity (Wildman–Crippen MR) is 85.3 cm³/mol. The molecule has 0 saturated carbocycles. The molecule has 1 aromatic heterocycles. The van der Waals surface area contributed by atoms with Gasteiger partial charge in [-0.1, -0.05) is 12.1 Å². The standard InChI is InChI=1S/C17H16FNO3S/c1-9-7-11(5-6-12(9)18)15(17(21)22)19-16(20)14-8-10-3-2-4-13(10)23-14/h5-8,15H,2-4H2,1H3,(H,19,20)(H,21,22). The summed E-state index contributed by atoms with van der Waals surface area (Å²) in [7, 11) is 0. The Balaban J connectivity index is 1.82. The lowest BCUT2D eigenvalue weighted by atomic mass is 10.0. The van der Waals surface area contributed by atoms with Crippen LogP contribution in [0.25, 0.3) is 0 Å². The third kappa shape index (κ3) is 3.12. The van der Waals surface area contributed by atoms with Gasteiger partial charge in [0.1, 0.15) is 5.82 Å². The molecule has 1 aliphatic rings. The SMILES string of the molecule is Cc1cc(C(NC(=O)c2cc3c(s2)CCC3)C(=O)O)ccc1F. The summed E-state index contributed by atoms with van der Waals surface area (Å²) in [4.78, 5) is 25.6. The number of amides is 1. The number of hydrogen-bond acceptors (Lipinski definition) is 3. The molecule has 0 fully saturated rings. The summed E-state index contributed by atoms with van der Waals surface area (Å²) in [5.74, 6) is -1.98. The molecule has 2 aromatic rings. The van der Waals surface area contributed by atoms with Crippen LogP contribution in [0.4, 0.5) is 4.39 Å². The quantitative estimate of drug-likeness (QED) is 0.903. The van der Waals surface area contributed by atoms with Crippen molar-refractivity contribution in [3.8, 4) is 0 Å². The number of halogens is 1. The van der Waals surface area contributed by atoms with Crippen LogP contribution in [-0.2, 0) is 17.6 Å². The molecular formula is C17H16FNO3S. The number of hydrogen-bond donors (Lipinski definition) is 2. The normalized spacial score (nSPS) is 14.3. The van der Waals surface area contributed by atoms with Crippen LogP contribution in [0.1, 0.15) is 43.7 Å². The lowest BCUT2D eigenvalue weighted by Crippen LogP contribution is -2.33. The van der Waals surface area contributed by atoms with Gasteiger partial charge in [-0.25, -0.2) is 9.18 Å². The lowest BCUT2D eigenvalue weighted by molar-refractivity contribution is -0.139. The summed E-state index contributed by atoms with van der Waals surface area (Å²) in [5, 5.41) is 11.9. The Morgan fingerprint density at radius 3 is 2.74 bits per heavy atom. The Hall–Kier alpha value is -2.21. The van der Waals surface area contributed by atoms with Crippen molar-refractivity contribution in [1.82, 2.24) is 5.32 Å². The smallest absolute Gasteiger partial charge is 0.330 e. The van der Waals surface area contributed by atoms with Crippen molar-refractivity contribution in [1.29, 1.82) is 0 Å². The first-order valence-corrected chi connectivity index (χ1v) is 8.18. The molecule has 0 spiro atoms. The van der Waals surface area contributed by atoms with Crippen LogP contribution in [0.2, 0.25) is 0 Å². The van der Waals surface area contributed by atoms with E-state index in [0.29, 0.717) is 16.0 Å². The van der Waals surface area contributed by atoms with Gasteiger partial charge in [0, 0.05) is 4.88 Å². The van der Waals surface area contributed by atoms with E-state index in [1.807, 2.05) is 6.07 Å². The number of carboxylic acids is 1. The summed E-state index contributed by atoms with van der Waals surface area (Å²) < 4.78 is 13.4. The number of nitrogens with one attached hydrogen (secondary N) is 1. The maximum absolute atomic E-state index is 13.4. The van der Waals surface area contributed by atoms with Crippen LogP contribution in [0.5, 0.6) is 0 Å². The van der Waals surface area contributed by atoms with E-state index in [4.69, 9.17) is 0 Å². The second-order valence-corrected chi connectivity index (χ2v) is 6.80. The third-order valence-electron chi connectivity index (χ3n) is 4.01. The van der Waals surface area contributed by atoms with Crippen molar-refractivity contribution in [2.75, 3.05) is 0 Å². The van der Waals surface area contributed by atoms with Gasteiger partial charge in [-0.05, 0) is 55.0 Å². The average Bonchev–Trinajstić information content (AvgIpc) is 3.08. The van der Waals surface area contributed by atoms with Gasteiger partial charge in [0.2, 0.25) is 0 Å². The van der Waals surface area contributed by atoms with Crippen LogP contribution >= 0.6 is 11.3 Å². The molecule has 0 bridgehead atoms. The molecule has 0 radical (unpaired) electrons. The minimum Gasteiger partial charge on any atom is -0.479 e. The zero-order valence-corrected chi connectivity index (χ0v) is 13.4. The van der Waals surface area contributed by atoms with Gasteiger partial charge in [0.05, 0.1) is 4.88 Å². The van der Waals surface area contributed by atoms with Crippen LogP contribution in [0.3, 0.4) is 0 Å². The molecule has 3 rings (SSSR count). The fourth-order valence-electron chi connectivity index (χ4n) is 2.78. The first kappa shape index (κ1) is 15.7. The molecular weight excluding hydrogens is 317 g/mol. The van der Waals surface area contributed by atoms with Crippen LogP contribution in [0.15, 0.2) is 24.3 Å². The zero-order chi connectivity index (χ0) is 16.6. The van der Waals surface area contributed by atoms with Crippen molar-refractivity contribution in [3.05, 3.63) is 56.5 Å². The van der Waals surface area contributed by atoms with Gasteiger partial charge >= 0.3 is 5.97 Å². The molecule has 4 nitrogen and oxygen atoms in total. The fourth-order valence-corrected chi connectivity index (χ4v) is 3.94. The Labute approximate surface area is 137 Å². The minimum absolute atomic E-state index is 0.345. The van der Waals surface area contributed by atoms with Gasteiger partial charge in [0.25, 0.3) is 5.91 Å². The van der Waals surface area contributed by atoms with Crippen molar-refractivity contribution in [2.24, 2.45) is 0 Å². The topological polar surface area (TPSA) is 66.4 Å². The van der Waals surface area contributed by atoms with Gasteiger partial charge in [-0.2, -0.15) is 0 Å². The van der Waals surface area contributed by atoms with Gasteiger partial charge in [-0.15, -0.1) is 11.3 Å². The highest BCUT2D eigenvalue weighted by molar-refractivity contribution is 7.14. The number of rotatable bonds is 4. The summed E-state index contributed by atoms with van der Waals surface area (Å²) in [6, 6.07) is 4.70. The summed E-state index contributed by atoms with van der Waals surface area (Å²) in [6.45, 7) is 1.56. The Bertz CT molecular complexity index is 763. The molecule has 6 heteroatoms. The Morgan fingerprint density at radius 2 is 2.09 bits per heavy atom. The van der Waals surface area contributed by atoms with E-state index in [-0.39, 0.29) is 0 Å². The van der Waals surface area contributed by atoms with Crippen LogP contribution in [0, 0.1) is 12.7 Å². The maximum Gasteiger partial charge on any atom is 0.330 e. The molecule has 1 atom stereocenters. The molecule has 23 heavy (non-hydrogen) atoms. The molecule has 1 amide bonds. The van der Waals surface area contributed by atoms with E-state index in [0.717, 1.165) is 19.3 Å². The van der Waals surface area contributed by atoms with E-state index in [2.05, 4.69) is 5.32 Å². The third-order valence-corrected chi connectivity index (χ3v) is 5.24. The molecule has 2 N–H and O–H groups in total. The van der Waals surface area contributed by atoms with E-state index >= 15 is 0 Å². The van der Waals surface area contributed by atoms with Crippen molar-refractivity contribution in [2.45, 2.75) is 32.2 Å². The van der Waals surface area contributed by atoms with E-state index in [1.54, 1.807) is 6.92 Å². The highest BCUT2D eigenvalue weighted by Crippen LogP contribution is 2.31. The molecule has 1 unspecified atom stereocenters. The van der Waals surface area contributed by atoms with Crippen molar-refractivity contribution >= 4 is 23.2 Å². The number of benzene rings is 1. The second-order valence-electron chi connectivity index (χ2n) is 5.67. The molecule has 1 aliphatic carbocycles. The number of carbonyl (C=O) groups is 2. The van der Waals surface area contributed by atoms with E-state index in [1.165, 1.54) is 40.0 Å². The number of carboxylic acid groups (broad SMARTS) is 1. The largest absolute Gasteiger partial charge is 0.479 e. The first-order chi connectivity index (χ1) is 11.0.